The minimum atomic E-state index is 0.504. The van der Waals surface area contributed by atoms with Crippen LogP contribution in [-0.2, 0) is 6.54 Å². The molecule has 0 aliphatic rings. The largest absolute Gasteiger partial charge is 0.356 e. The van der Waals surface area contributed by atoms with E-state index in [0.717, 1.165) is 18.1 Å². The van der Waals surface area contributed by atoms with E-state index in [1.807, 2.05) is 13.2 Å². The topological polar surface area (TPSA) is 41.1 Å². The normalized spacial score (nSPS) is 12.5. The van der Waals surface area contributed by atoms with Gasteiger partial charge in [-0.15, -0.1) is 0 Å². The van der Waals surface area contributed by atoms with Crippen LogP contribution in [0.2, 0.25) is 0 Å². The van der Waals surface area contributed by atoms with E-state index >= 15 is 0 Å². The fraction of sp³-hybridized carbons (Fsp3) is 0.667. The highest BCUT2D eigenvalue weighted by Crippen LogP contribution is 2.13. The molecule has 1 atom stereocenters. The smallest absolute Gasteiger partial charge is 0.147 e. The summed E-state index contributed by atoms with van der Waals surface area (Å²) in [6, 6.07) is 0.504. The Bertz CT molecular complexity index is 314. The summed E-state index contributed by atoms with van der Waals surface area (Å²) in [7, 11) is 3.99. The van der Waals surface area contributed by atoms with Crippen LogP contribution in [0.15, 0.2) is 12.4 Å². The molecule has 0 radical (unpaired) electrons. The van der Waals surface area contributed by atoms with E-state index < -0.39 is 0 Å². The van der Waals surface area contributed by atoms with Gasteiger partial charge >= 0.3 is 0 Å². The van der Waals surface area contributed by atoms with Crippen LogP contribution in [-0.4, -0.2) is 30.1 Å². The Labute approximate surface area is 98.1 Å². The molecule has 1 aromatic rings. The van der Waals surface area contributed by atoms with Crippen molar-refractivity contribution >= 4 is 5.82 Å². The van der Waals surface area contributed by atoms with Gasteiger partial charge in [-0.1, -0.05) is 13.3 Å². The van der Waals surface area contributed by atoms with Crippen LogP contribution in [0.4, 0.5) is 5.82 Å². The summed E-state index contributed by atoms with van der Waals surface area (Å²) < 4.78 is 0. The van der Waals surface area contributed by atoms with Crippen molar-refractivity contribution in [2.24, 2.45) is 0 Å². The molecule has 0 saturated carbocycles. The van der Waals surface area contributed by atoms with Crippen LogP contribution in [0.5, 0.6) is 0 Å². The highest BCUT2D eigenvalue weighted by molar-refractivity contribution is 5.36. The number of aromatic nitrogens is 2. The second-order valence-corrected chi connectivity index (χ2v) is 4.15. The van der Waals surface area contributed by atoms with Crippen LogP contribution < -0.4 is 10.2 Å². The van der Waals surface area contributed by atoms with E-state index in [9.17, 15) is 0 Å². The maximum absolute atomic E-state index is 4.57. The summed E-state index contributed by atoms with van der Waals surface area (Å²) in [6.07, 6.45) is 5.99. The fourth-order valence-corrected chi connectivity index (χ4v) is 1.67. The number of nitrogens with zero attached hydrogens (tertiary/aromatic N) is 3. The number of hydrogen-bond donors (Lipinski definition) is 1. The van der Waals surface area contributed by atoms with Gasteiger partial charge in [-0.25, -0.2) is 4.98 Å². The Kier molecular flexibility index (Phi) is 5.19. The molecule has 0 aliphatic heterocycles. The van der Waals surface area contributed by atoms with Crippen molar-refractivity contribution in [3.63, 3.8) is 0 Å². The van der Waals surface area contributed by atoms with Crippen molar-refractivity contribution in [3.8, 4) is 0 Å². The van der Waals surface area contributed by atoms with E-state index in [4.69, 9.17) is 0 Å². The molecule has 0 aliphatic carbocycles. The van der Waals surface area contributed by atoms with Gasteiger partial charge in [0, 0.05) is 25.8 Å². The van der Waals surface area contributed by atoms with Gasteiger partial charge in [-0.05, 0) is 20.4 Å². The summed E-state index contributed by atoms with van der Waals surface area (Å²) in [5, 5.41) is 3.08. The maximum Gasteiger partial charge on any atom is 0.147 e. The standard InChI is InChI=1S/C12H22N4/c1-5-6-10(2)16(4)12-9-14-8-11(15-12)7-13-3/h8-10,13H,5-7H2,1-4H3. The Balaban J connectivity index is 2.74. The summed E-state index contributed by atoms with van der Waals surface area (Å²) >= 11 is 0. The van der Waals surface area contributed by atoms with E-state index in [2.05, 4.69) is 41.1 Å². The molecule has 1 rings (SSSR count). The molecule has 1 heterocycles. The summed E-state index contributed by atoms with van der Waals surface area (Å²) in [5.74, 6) is 0.953. The zero-order valence-electron chi connectivity index (χ0n) is 10.7. The zero-order chi connectivity index (χ0) is 12.0. The molecule has 1 unspecified atom stereocenters. The molecule has 0 aromatic carbocycles. The third-order valence-corrected chi connectivity index (χ3v) is 2.76. The predicted octanol–water partition coefficient (Wildman–Crippen LogP) is 1.82. The number of rotatable bonds is 6. The van der Waals surface area contributed by atoms with Crippen molar-refractivity contribution in [3.05, 3.63) is 18.1 Å². The molecule has 0 amide bonds. The molecule has 0 bridgehead atoms. The van der Waals surface area contributed by atoms with Gasteiger partial charge in [0.1, 0.15) is 5.82 Å². The van der Waals surface area contributed by atoms with E-state index in [-0.39, 0.29) is 0 Å². The number of anilines is 1. The Morgan fingerprint density at radius 3 is 2.81 bits per heavy atom. The molecule has 1 aromatic heterocycles. The number of nitrogens with one attached hydrogen (secondary N) is 1. The lowest BCUT2D eigenvalue weighted by molar-refractivity contribution is 0.608. The van der Waals surface area contributed by atoms with Gasteiger partial charge in [0.25, 0.3) is 0 Å². The first-order chi connectivity index (χ1) is 7.69. The van der Waals surface area contributed by atoms with Gasteiger partial charge < -0.3 is 10.2 Å². The van der Waals surface area contributed by atoms with Gasteiger partial charge in [-0.3, -0.25) is 4.98 Å². The monoisotopic (exact) mass is 222 g/mol. The Morgan fingerprint density at radius 2 is 2.19 bits per heavy atom. The first-order valence-electron chi connectivity index (χ1n) is 5.87. The van der Waals surface area contributed by atoms with E-state index in [1.54, 1.807) is 6.20 Å². The molecule has 4 nitrogen and oxygen atoms in total. The Morgan fingerprint density at radius 1 is 1.44 bits per heavy atom. The molecular weight excluding hydrogens is 200 g/mol. The molecular formula is C12H22N4. The maximum atomic E-state index is 4.57. The average molecular weight is 222 g/mol. The van der Waals surface area contributed by atoms with Crippen LogP contribution in [0.25, 0.3) is 0 Å². The molecule has 0 saturated heterocycles. The van der Waals surface area contributed by atoms with Gasteiger partial charge in [0.15, 0.2) is 0 Å². The van der Waals surface area contributed by atoms with Crippen molar-refractivity contribution in [2.75, 3.05) is 19.0 Å². The average Bonchev–Trinajstić information content (AvgIpc) is 2.29. The number of hydrogen-bond acceptors (Lipinski definition) is 4. The lowest BCUT2D eigenvalue weighted by atomic mass is 10.2. The minimum Gasteiger partial charge on any atom is -0.356 e. The second-order valence-electron chi connectivity index (χ2n) is 4.15. The van der Waals surface area contributed by atoms with Crippen LogP contribution in [0.3, 0.4) is 0 Å². The molecule has 0 spiro atoms. The van der Waals surface area contributed by atoms with Crippen molar-refractivity contribution < 1.29 is 0 Å². The predicted molar refractivity (Wildman–Crippen MR) is 67.6 cm³/mol. The third kappa shape index (κ3) is 3.45. The van der Waals surface area contributed by atoms with Gasteiger partial charge in [-0.2, -0.15) is 0 Å². The molecule has 16 heavy (non-hydrogen) atoms. The molecule has 90 valence electrons. The fourth-order valence-electron chi connectivity index (χ4n) is 1.67. The lowest BCUT2D eigenvalue weighted by Crippen LogP contribution is -2.29. The highest BCUT2D eigenvalue weighted by Gasteiger charge is 2.10. The summed E-state index contributed by atoms with van der Waals surface area (Å²) in [4.78, 5) is 11.0. The lowest BCUT2D eigenvalue weighted by Gasteiger charge is -2.25. The van der Waals surface area contributed by atoms with E-state index in [0.29, 0.717) is 6.04 Å². The van der Waals surface area contributed by atoms with E-state index in [1.165, 1.54) is 12.8 Å². The summed E-state index contributed by atoms with van der Waals surface area (Å²) in [5.41, 5.74) is 0.982. The van der Waals surface area contributed by atoms with Crippen molar-refractivity contribution in [1.82, 2.24) is 15.3 Å². The van der Waals surface area contributed by atoms with Crippen LogP contribution in [0, 0.1) is 0 Å². The van der Waals surface area contributed by atoms with Crippen LogP contribution in [0.1, 0.15) is 32.4 Å². The SMILES string of the molecule is CCCC(C)N(C)c1cncc(CNC)n1. The van der Waals surface area contributed by atoms with Crippen LogP contribution >= 0.6 is 0 Å². The van der Waals surface area contributed by atoms with Crippen molar-refractivity contribution in [1.29, 1.82) is 0 Å². The first kappa shape index (κ1) is 12.9. The minimum absolute atomic E-state index is 0.504. The third-order valence-electron chi connectivity index (χ3n) is 2.76. The summed E-state index contributed by atoms with van der Waals surface area (Å²) in [6.45, 7) is 5.18. The zero-order valence-corrected chi connectivity index (χ0v) is 10.7. The van der Waals surface area contributed by atoms with Crippen molar-refractivity contribution in [2.45, 2.75) is 39.3 Å². The van der Waals surface area contributed by atoms with Gasteiger partial charge in [0.05, 0.1) is 11.9 Å². The highest BCUT2D eigenvalue weighted by atomic mass is 15.2. The Hall–Kier alpha value is -1.16. The quantitative estimate of drug-likeness (QED) is 0.797. The molecule has 4 heteroatoms. The first-order valence-corrected chi connectivity index (χ1v) is 5.87. The molecule has 1 N–H and O–H groups in total. The molecule has 0 fully saturated rings. The van der Waals surface area contributed by atoms with Gasteiger partial charge in [0.2, 0.25) is 0 Å². The second kappa shape index (κ2) is 6.43.